The van der Waals surface area contributed by atoms with Crippen LogP contribution in [0.1, 0.15) is 30.0 Å². The van der Waals surface area contributed by atoms with Crippen LogP contribution in [-0.4, -0.2) is 42.8 Å². The van der Waals surface area contributed by atoms with Gasteiger partial charge in [-0.1, -0.05) is 36.4 Å². The lowest BCUT2D eigenvalue weighted by Crippen LogP contribution is -2.38. The Hall–Kier alpha value is -3.77. The smallest absolute Gasteiger partial charge is 0.232 e. The number of hydrogen-bond acceptors (Lipinski definition) is 7. The number of nitrogens with one attached hydrogen (secondary N) is 3. The second-order valence-electron chi connectivity index (χ2n) is 8.81. The molecule has 0 bridgehead atoms. The third-order valence-electron chi connectivity index (χ3n) is 6.18. The minimum absolute atomic E-state index is 0.205. The fourth-order valence-corrected chi connectivity index (χ4v) is 4.84. The number of pyridine rings is 1. The molecule has 2 aromatic carbocycles. The van der Waals surface area contributed by atoms with Gasteiger partial charge >= 0.3 is 0 Å². The molecule has 5 rings (SSSR count). The van der Waals surface area contributed by atoms with Crippen LogP contribution in [0, 0.1) is 5.82 Å². The van der Waals surface area contributed by atoms with Crippen LogP contribution in [0.15, 0.2) is 79.1 Å². The summed E-state index contributed by atoms with van der Waals surface area (Å²) < 4.78 is 44.7. The molecule has 1 aliphatic heterocycles. The van der Waals surface area contributed by atoms with E-state index in [0.29, 0.717) is 22.8 Å². The van der Waals surface area contributed by atoms with E-state index >= 15 is 4.39 Å². The molecule has 1 fully saturated rings. The minimum Gasteiger partial charge on any atom is -0.438 e. The van der Waals surface area contributed by atoms with Crippen molar-refractivity contribution >= 4 is 17.2 Å². The summed E-state index contributed by atoms with van der Waals surface area (Å²) in [5.74, 6) is 0.408. The van der Waals surface area contributed by atoms with E-state index in [9.17, 15) is 8.76 Å². The highest BCUT2D eigenvalue weighted by Crippen LogP contribution is 2.33. The normalized spacial score (nSPS) is 16.9. The minimum atomic E-state index is -2.35. The number of aromatic nitrogens is 3. The summed E-state index contributed by atoms with van der Waals surface area (Å²) in [5.41, 5.74) is 2.09. The first-order chi connectivity index (χ1) is 18.6. The molecule has 0 aliphatic carbocycles. The van der Waals surface area contributed by atoms with Gasteiger partial charge in [0.05, 0.1) is 17.3 Å². The van der Waals surface area contributed by atoms with Gasteiger partial charge in [0, 0.05) is 36.6 Å². The Bertz CT molecular complexity index is 1400. The number of nitrogens with zero attached hydrogens (tertiary/aromatic N) is 3. The Kier molecular flexibility index (Phi) is 8.29. The van der Waals surface area contributed by atoms with Gasteiger partial charge < -0.3 is 15.4 Å². The monoisotopic (exact) mass is 534 g/mol. The molecule has 11 heteroatoms. The Morgan fingerprint density at radius 1 is 1.08 bits per heavy atom. The number of piperidine rings is 1. The van der Waals surface area contributed by atoms with Crippen LogP contribution in [0.2, 0.25) is 0 Å². The first-order valence-corrected chi connectivity index (χ1v) is 13.3. The predicted octanol–water partition coefficient (Wildman–Crippen LogP) is 4.45. The molecule has 1 saturated heterocycles. The summed E-state index contributed by atoms with van der Waals surface area (Å²) in [4.78, 5) is 13.3. The molecule has 0 spiro atoms. The highest BCUT2D eigenvalue weighted by molar-refractivity contribution is 7.77. The van der Waals surface area contributed by atoms with Gasteiger partial charge in [0.15, 0.2) is 0 Å². The highest BCUT2D eigenvalue weighted by atomic mass is 32.2. The maximum absolute atomic E-state index is 15.3. The molecule has 3 atom stereocenters. The van der Waals surface area contributed by atoms with E-state index in [1.807, 2.05) is 12.1 Å². The van der Waals surface area contributed by atoms with Gasteiger partial charge in [-0.3, -0.25) is 4.55 Å². The summed E-state index contributed by atoms with van der Waals surface area (Å²) in [6, 6.07) is 18.0. The Morgan fingerprint density at radius 2 is 1.95 bits per heavy atom. The third-order valence-corrected chi connectivity index (χ3v) is 6.62. The summed E-state index contributed by atoms with van der Waals surface area (Å²) in [7, 11) is 0. The van der Waals surface area contributed by atoms with Crippen LogP contribution in [0.4, 0.5) is 10.3 Å². The molecule has 4 aromatic rings. The van der Waals surface area contributed by atoms with E-state index in [2.05, 4.69) is 30.3 Å². The predicted molar refractivity (Wildman–Crippen MR) is 143 cm³/mol. The number of benzene rings is 2. The fourth-order valence-electron chi connectivity index (χ4n) is 4.38. The largest absolute Gasteiger partial charge is 0.438 e. The Balaban J connectivity index is 1.39. The van der Waals surface area contributed by atoms with Crippen molar-refractivity contribution in [1.82, 2.24) is 25.0 Å². The average Bonchev–Trinajstić information content (AvgIpc) is 2.93. The standard InChI is InChI=1S/C27H27FN6O3S/c28-23-16-20(10-11-21(23)25(34-38(35)36)18-6-2-1-3-7-18)37-26-22(9-5-14-30-26)24-12-15-31-27(33-24)32-19-8-4-13-29-17-19/h1-3,5-7,9-12,14-16,19,25,29,34H,4,8,13,17H2,(H,35,36)(H,31,32,33)/t19-,25-/m0/s1. The zero-order chi connectivity index (χ0) is 26.3. The molecule has 4 N–H and O–H groups in total. The molecule has 1 unspecified atom stereocenters. The second kappa shape index (κ2) is 12.2. The van der Waals surface area contributed by atoms with Crippen LogP contribution in [-0.2, 0) is 11.3 Å². The molecule has 38 heavy (non-hydrogen) atoms. The third kappa shape index (κ3) is 6.37. The number of rotatable bonds is 9. The van der Waals surface area contributed by atoms with Crippen molar-refractivity contribution in [2.24, 2.45) is 0 Å². The Labute approximate surface area is 222 Å². The average molecular weight is 535 g/mol. The maximum atomic E-state index is 15.3. The lowest BCUT2D eigenvalue weighted by Gasteiger charge is -2.23. The van der Waals surface area contributed by atoms with Crippen LogP contribution in [0.25, 0.3) is 11.3 Å². The van der Waals surface area contributed by atoms with Crippen LogP contribution in [0.3, 0.4) is 0 Å². The van der Waals surface area contributed by atoms with Crippen molar-refractivity contribution in [3.05, 3.63) is 96.1 Å². The molecule has 2 aromatic heterocycles. The van der Waals surface area contributed by atoms with Crippen molar-refractivity contribution in [2.75, 3.05) is 18.4 Å². The van der Waals surface area contributed by atoms with Gasteiger partial charge in [-0.25, -0.2) is 28.3 Å². The summed E-state index contributed by atoms with van der Waals surface area (Å²) in [6.45, 7) is 1.87. The quantitative estimate of drug-likeness (QED) is 0.233. The number of hydrogen-bond donors (Lipinski definition) is 4. The summed E-state index contributed by atoms with van der Waals surface area (Å²) in [6.07, 6.45) is 5.39. The first kappa shape index (κ1) is 25.9. The SMILES string of the molecule is O=S(O)N[C@@H](c1ccccc1)c1ccc(Oc2ncccc2-c2ccnc(N[C@H]3CCCNC3)n2)cc1F. The molecular weight excluding hydrogens is 507 g/mol. The van der Waals surface area contributed by atoms with E-state index in [4.69, 9.17) is 4.74 Å². The van der Waals surface area contributed by atoms with Crippen molar-refractivity contribution < 1.29 is 17.9 Å². The molecule has 9 nitrogen and oxygen atoms in total. The van der Waals surface area contributed by atoms with E-state index in [-0.39, 0.29) is 23.2 Å². The Morgan fingerprint density at radius 3 is 2.71 bits per heavy atom. The van der Waals surface area contributed by atoms with Crippen LogP contribution < -0.4 is 20.1 Å². The topological polar surface area (TPSA) is 121 Å². The second-order valence-corrected chi connectivity index (χ2v) is 9.54. The lowest BCUT2D eigenvalue weighted by atomic mass is 9.99. The van der Waals surface area contributed by atoms with Gasteiger partial charge in [-0.2, -0.15) is 0 Å². The van der Waals surface area contributed by atoms with Gasteiger partial charge in [-0.05, 0) is 49.2 Å². The molecule has 196 valence electrons. The van der Waals surface area contributed by atoms with E-state index in [1.165, 1.54) is 12.1 Å². The van der Waals surface area contributed by atoms with Crippen LogP contribution >= 0.6 is 0 Å². The van der Waals surface area contributed by atoms with E-state index in [1.54, 1.807) is 54.9 Å². The highest BCUT2D eigenvalue weighted by Gasteiger charge is 2.21. The zero-order valence-corrected chi connectivity index (χ0v) is 21.2. The van der Waals surface area contributed by atoms with Gasteiger partial charge in [0.1, 0.15) is 11.6 Å². The van der Waals surface area contributed by atoms with Crippen molar-refractivity contribution in [3.8, 4) is 22.9 Å². The molecule has 1 aliphatic rings. The van der Waals surface area contributed by atoms with E-state index in [0.717, 1.165) is 25.9 Å². The fraction of sp³-hybridized carbons (Fsp3) is 0.222. The van der Waals surface area contributed by atoms with Crippen molar-refractivity contribution in [3.63, 3.8) is 0 Å². The van der Waals surface area contributed by atoms with Crippen molar-refractivity contribution in [2.45, 2.75) is 24.9 Å². The maximum Gasteiger partial charge on any atom is 0.232 e. The number of anilines is 1. The lowest BCUT2D eigenvalue weighted by molar-refractivity contribution is 0.458. The van der Waals surface area contributed by atoms with E-state index < -0.39 is 23.1 Å². The van der Waals surface area contributed by atoms with Gasteiger partial charge in [0.2, 0.25) is 23.1 Å². The number of halogens is 1. The molecular formula is C27H27FN6O3S. The van der Waals surface area contributed by atoms with Crippen LogP contribution in [0.5, 0.6) is 11.6 Å². The molecule has 3 heterocycles. The summed E-state index contributed by atoms with van der Waals surface area (Å²) in [5, 5.41) is 6.73. The molecule has 0 amide bonds. The molecule has 0 saturated carbocycles. The van der Waals surface area contributed by atoms with Crippen molar-refractivity contribution in [1.29, 1.82) is 0 Å². The zero-order valence-electron chi connectivity index (χ0n) is 20.4. The first-order valence-electron chi connectivity index (χ1n) is 12.2. The molecule has 0 radical (unpaired) electrons. The number of ether oxygens (including phenoxy) is 1. The van der Waals surface area contributed by atoms with Gasteiger partial charge in [0.25, 0.3) is 0 Å². The summed E-state index contributed by atoms with van der Waals surface area (Å²) >= 11 is -2.35. The van der Waals surface area contributed by atoms with Gasteiger partial charge in [-0.15, -0.1) is 0 Å².